The van der Waals surface area contributed by atoms with E-state index in [-0.39, 0.29) is 11.1 Å². The zero-order chi connectivity index (χ0) is 16.8. The van der Waals surface area contributed by atoms with Crippen molar-refractivity contribution in [3.05, 3.63) is 76.5 Å². The van der Waals surface area contributed by atoms with Crippen LogP contribution >= 0.6 is 0 Å². The molecule has 124 valence electrons. The fourth-order valence-corrected chi connectivity index (χ4v) is 3.47. The van der Waals surface area contributed by atoms with Crippen molar-refractivity contribution in [2.24, 2.45) is 0 Å². The van der Waals surface area contributed by atoms with Gasteiger partial charge in [0.1, 0.15) is 12.0 Å². The zero-order valence-corrected chi connectivity index (χ0v) is 13.8. The van der Waals surface area contributed by atoms with Gasteiger partial charge in [-0.15, -0.1) is 0 Å². The van der Waals surface area contributed by atoms with Gasteiger partial charge in [0, 0.05) is 24.5 Å². The van der Waals surface area contributed by atoms with E-state index in [4.69, 9.17) is 0 Å². The molecule has 0 radical (unpaired) electrons. The van der Waals surface area contributed by atoms with Crippen LogP contribution in [-0.4, -0.2) is 12.3 Å². The molecule has 0 saturated heterocycles. The van der Waals surface area contributed by atoms with Crippen LogP contribution in [0.1, 0.15) is 36.0 Å². The molecule has 0 aromatic heterocycles. The third-order valence-corrected chi connectivity index (χ3v) is 4.76. The van der Waals surface area contributed by atoms with E-state index in [1.807, 2.05) is 24.3 Å². The number of aryl methyl sites for hydroxylation is 2. The van der Waals surface area contributed by atoms with Gasteiger partial charge in [0.05, 0.1) is 6.04 Å². The maximum atomic E-state index is 12.7. The summed E-state index contributed by atoms with van der Waals surface area (Å²) in [6.07, 6.45) is 8.96. The van der Waals surface area contributed by atoms with Crippen LogP contribution < -0.4 is 5.06 Å². The molecule has 2 atom stereocenters. The molecule has 0 saturated carbocycles. The summed E-state index contributed by atoms with van der Waals surface area (Å²) in [6, 6.07) is 16.5. The molecule has 0 amide bonds. The van der Waals surface area contributed by atoms with E-state index >= 15 is 0 Å². The van der Waals surface area contributed by atoms with Crippen LogP contribution in [0.3, 0.4) is 0 Å². The van der Waals surface area contributed by atoms with Crippen LogP contribution in [0.2, 0.25) is 0 Å². The molecule has 3 heteroatoms. The first-order valence-electron chi connectivity index (χ1n) is 8.61. The molecular formula is C21H23NO2. The van der Waals surface area contributed by atoms with Crippen molar-refractivity contribution in [1.29, 1.82) is 0 Å². The van der Waals surface area contributed by atoms with Gasteiger partial charge >= 0.3 is 0 Å². The fraction of sp³-hybridized carbons (Fsp3) is 0.286. The minimum atomic E-state index is 0.151. The van der Waals surface area contributed by atoms with Crippen LogP contribution in [0, 0.1) is 5.21 Å². The van der Waals surface area contributed by atoms with Crippen molar-refractivity contribution in [2.45, 2.75) is 38.1 Å². The summed E-state index contributed by atoms with van der Waals surface area (Å²) in [6.45, 7) is 0. The average Bonchev–Trinajstić information content (AvgIpc) is 2.63. The Hall–Kier alpha value is -2.23. The number of aldehydes is 1. The quantitative estimate of drug-likeness (QED) is 0.504. The molecular weight excluding hydrogens is 298 g/mol. The molecule has 0 fully saturated rings. The smallest absolute Gasteiger partial charge is 0.142 e. The molecule has 2 aromatic rings. The summed E-state index contributed by atoms with van der Waals surface area (Å²) in [5.41, 5.74) is 4.31. The Morgan fingerprint density at radius 3 is 2.79 bits per heavy atom. The highest BCUT2D eigenvalue weighted by atomic mass is 16.5. The second kappa shape index (κ2) is 8.04. The summed E-state index contributed by atoms with van der Waals surface area (Å²) >= 11 is 0. The van der Waals surface area contributed by atoms with Crippen molar-refractivity contribution in [1.82, 2.24) is 0 Å². The lowest BCUT2D eigenvalue weighted by molar-refractivity contribution is -0.811. The summed E-state index contributed by atoms with van der Waals surface area (Å²) < 4.78 is 0. The van der Waals surface area contributed by atoms with Gasteiger partial charge in [-0.2, -0.15) is 0 Å². The van der Waals surface area contributed by atoms with Gasteiger partial charge in [-0.25, -0.2) is 0 Å². The number of rotatable bonds is 6. The molecule has 24 heavy (non-hydrogen) atoms. The SMILES string of the molecule is O=CC=Cc1ccc2c(c1)CCC(CCCc1ccccc1)[NH+]2[O-]. The van der Waals surface area contributed by atoms with Crippen LogP contribution in [0.25, 0.3) is 6.08 Å². The first-order chi connectivity index (χ1) is 11.8. The van der Waals surface area contributed by atoms with E-state index in [2.05, 4.69) is 24.3 Å². The van der Waals surface area contributed by atoms with E-state index in [1.54, 1.807) is 6.08 Å². The largest absolute Gasteiger partial charge is 0.629 e. The molecule has 3 rings (SSSR count). The highest BCUT2D eigenvalue weighted by Crippen LogP contribution is 2.23. The van der Waals surface area contributed by atoms with Crippen LogP contribution in [0.4, 0.5) is 5.69 Å². The molecule has 2 aromatic carbocycles. The number of allylic oxidation sites excluding steroid dienone is 1. The standard InChI is InChI=1S/C21H23NO2/c23-15-5-9-18-11-14-21-19(16-18)12-13-20(22(21)24)10-4-8-17-6-2-1-3-7-17/h1-3,5-7,9,11,14-16,20,22H,4,8,10,12-13H2. The van der Waals surface area contributed by atoms with E-state index in [9.17, 15) is 10.0 Å². The highest BCUT2D eigenvalue weighted by Gasteiger charge is 2.25. The number of nitrogens with one attached hydrogen (secondary N) is 1. The van der Waals surface area contributed by atoms with Crippen molar-refractivity contribution in [3.63, 3.8) is 0 Å². The molecule has 0 bridgehead atoms. The maximum absolute atomic E-state index is 12.7. The van der Waals surface area contributed by atoms with Gasteiger partial charge in [0.2, 0.25) is 0 Å². The number of hydrogen-bond acceptors (Lipinski definition) is 2. The van der Waals surface area contributed by atoms with E-state index in [1.165, 1.54) is 11.6 Å². The van der Waals surface area contributed by atoms with E-state index < -0.39 is 0 Å². The summed E-state index contributed by atoms with van der Waals surface area (Å²) in [7, 11) is 0. The average molecular weight is 321 g/mol. The predicted octanol–water partition coefficient (Wildman–Crippen LogP) is 3.25. The molecule has 1 aliphatic heterocycles. The molecule has 3 nitrogen and oxygen atoms in total. The number of hydroxylamine groups is 1. The fourth-order valence-electron chi connectivity index (χ4n) is 3.47. The zero-order valence-electron chi connectivity index (χ0n) is 13.8. The molecule has 2 unspecified atom stereocenters. The van der Waals surface area contributed by atoms with Gasteiger partial charge in [-0.1, -0.05) is 36.4 Å². The van der Waals surface area contributed by atoms with E-state index in [0.29, 0.717) is 0 Å². The van der Waals surface area contributed by atoms with Crippen molar-refractivity contribution in [3.8, 4) is 0 Å². The lowest BCUT2D eigenvalue weighted by Crippen LogP contribution is -3.07. The number of carbonyl (C=O) groups is 1. The lowest BCUT2D eigenvalue weighted by Gasteiger charge is -2.36. The Morgan fingerprint density at radius 2 is 2.00 bits per heavy atom. The van der Waals surface area contributed by atoms with Crippen LogP contribution in [0.15, 0.2) is 54.6 Å². The first kappa shape index (κ1) is 16.6. The highest BCUT2D eigenvalue weighted by molar-refractivity contribution is 5.74. The Labute approximate surface area is 143 Å². The van der Waals surface area contributed by atoms with Crippen LogP contribution in [0.5, 0.6) is 0 Å². The lowest BCUT2D eigenvalue weighted by atomic mass is 9.92. The molecule has 0 spiro atoms. The minimum Gasteiger partial charge on any atom is -0.629 e. The topological polar surface area (TPSA) is 44.6 Å². The second-order valence-corrected chi connectivity index (χ2v) is 6.39. The normalized spacial score (nSPS) is 20.0. The van der Waals surface area contributed by atoms with E-state index in [0.717, 1.165) is 55.2 Å². The van der Waals surface area contributed by atoms with Gasteiger partial charge in [0.25, 0.3) is 0 Å². The van der Waals surface area contributed by atoms with Crippen LogP contribution in [-0.2, 0) is 17.6 Å². The molecule has 1 aliphatic rings. The molecule has 1 heterocycles. The number of benzene rings is 2. The monoisotopic (exact) mass is 321 g/mol. The molecule has 0 aliphatic carbocycles. The molecule has 1 N–H and O–H groups in total. The van der Waals surface area contributed by atoms with Gasteiger partial charge < -0.3 is 10.3 Å². The van der Waals surface area contributed by atoms with Crippen molar-refractivity contribution in [2.75, 3.05) is 0 Å². The Morgan fingerprint density at radius 1 is 1.17 bits per heavy atom. The third kappa shape index (κ3) is 3.99. The van der Waals surface area contributed by atoms with Crippen molar-refractivity contribution < 1.29 is 9.86 Å². The number of fused-ring (bicyclic) bond motifs is 1. The Bertz CT molecular complexity index is 709. The van der Waals surface area contributed by atoms with Crippen molar-refractivity contribution >= 4 is 18.0 Å². The number of hydrogen-bond donors (Lipinski definition) is 1. The summed E-state index contributed by atoms with van der Waals surface area (Å²) in [5.74, 6) is 0. The Balaban J connectivity index is 1.61. The summed E-state index contributed by atoms with van der Waals surface area (Å²) in [4.78, 5) is 10.4. The first-order valence-corrected chi connectivity index (χ1v) is 8.61. The number of quaternary nitrogens is 1. The van der Waals surface area contributed by atoms with Gasteiger partial charge in [-0.3, -0.25) is 4.79 Å². The maximum Gasteiger partial charge on any atom is 0.142 e. The van der Waals surface area contributed by atoms with Gasteiger partial charge in [-0.05, 0) is 48.6 Å². The summed E-state index contributed by atoms with van der Waals surface area (Å²) in [5, 5.41) is 13.0. The Kier molecular flexibility index (Phi) is 5.57. The predicted molar refractivity (Wildman–Crippen MR) is 97.0 cm³/mol. The number of carbonyl (C=O) groups excluding carboxylic acids is 1. The second-order valence-electron chi connectivity index (χ2n) is 6.39. The third-order valence-electron chi connectivity index (χ3n) is 4.76. The van der Waals surface area contributed by atoms with Gasteiger partial charge in [0.15, 0.2) is 0 Å². The minimum absolute atomic E-state index is 0.151.